The molecule has 0 bridgehead atoms. The van der Waals surface area contributed by atoms with E-state index in [-0.39, 0.29) is 11.5 Å². The monoisotopic (exact) mass is 469 g/mol. The summed E-state index contributed by atoms with van der Waals surface area (Å²) in [5.74, 6) is 0.385. The minimum atomic E-state index is -3.08. The van der Waals surface area contributed by atoms with Crippen LogP contribution in [0.4, 0.5) is 5.69 Å². The van der Waals surface area contributed by atoms with Crippen molar-refractivity contribution in [3.63, 3.8) is 0 Å². The zero-order chi connectivity index (χ0) is 24.0. The quantitative estimate of drug-likeness (QED) is 0.314. The molecular formula is C25H43NO5S. The van der Waals surface area contributed by atoms with Gasteiger partial charge < -0.3 is 14.4 Å². The molecule has 1 rings (SSSR count). The van der Waals surface area contributed by atoms with Gasteiger partial charge in [0.25, 0.3) is 0 Å². The van der Waals surface area contributed by atoms with Crippen LogP contribution in [0.15, 0.2) is 24.3 Å². The van der Waals surface area contributed by atoms with E-state index >= 15 is 0 Å². The Kier molecular flexibility index (Phi) is 13.1. The lowest BCUT2D eigenvalue weighted by molar-refractivity contribution is -0.118. The molecule has 0 N–H and O–H groups in total. The van der Waals surface area contributed by atoms with Gasteiger partial charge in [0.2, 0.25) is 0 Å². The molecule has 6 nitrogen and oxygen atoms in total. The number of unbranched alkanes of at least 4 members (excludes halogenated alkanes) is 2. The molecule has 0 aliphatic carbocycles. The zero-order valence-corrected chi connectivity index (χ0v) is 21.5. The average Bonchev–Trinajstić information content (AvgIpc) is 2.72. The molecule has 1 aromatic carbocycles. The number of carbonyl (C=O) groups is 1. The Morgan fingerprint density at radius 1 is 0.906 bits per heavy atom. The maximum atomic E-state index is 12.3. The topological polar surface area (TPSA) is 72.9 Å². The largest absolute Gasteiger partial charge is 0.380 e. The third-order valence-corrected chi connectivity index (χ3v) is 8.12. The average molecular weight is 470 g/mol. The molecule has 1 aromatic rings. The summed E-state index contributed by atoms with van der Waals surface area (Å²) in [5.41, 5.74) is 2.10. The van der Waals surface area contributed by atoms with Crippen LogP contribution in [0.2, 0.25) is 0 Å². The second-order valence-corrected chi connectivity index (χ2v) is 11.9. The second kappa shape index (κ2) is 14.7. The first-order chi connectivity index (χ1) is 15.1. The van der Waals surface area contributed by atoms with E-state index in [4.69, 9.17) is 9.47 Å². The molecule has 0 atom stereocenters. The lowest BCUT2D eigenvalue weighted by Crippen LogP contribution is -2.31. The number of nitrogens with zero attached hydrogens (tertiary/aromatic N) is 1. The molecule has 32 heavy (non-hydrogen) atoms. The minimum Gasteiger partial charge on any atom is -0.380 e. The highest BCUT2D eigenvalue weighted by Gasteiger charge is 2.27. The van der Waals surface area contributed by atoms with E-state index in [1.807, 2.05) is 26.0 Å². The van der Waals surface area contributed by atoms with Crippen LogP contribution < -0.4 is 4.90 Å². The molecule has 0 saturated carbocycles. The van der Waals surface area contributed by atoms with Crippen molar-refractivity contribution in [2.45, 2.75) is 71.5 Å². The molecule has 184 valence electrons. The Bertz CT molecular complexity index is 744. The summed E-state index contributed by atoms with van der Waals surface area (Å²) in [6.45, 7) is 13.5. The van der Waals surface area contributed by atoms with Crippen LogP contribution >= 0.6 is 0 Å². The van der Waals surface area contributed by atoms with Crippen molar-refractivity contribution < 1.29 is 22.7 Å². The fraction of sp³-hybridized carbons (Fsp3) is 0.720. The van der Waals surface area contributed by atoms with E-state index in [9.17, 15) is 13.2 Å². The third kappa shape index (κ3) is 10.9. The summed E-state index contributed by atoms with van der Waals surface area (Å²) in [6.07, 6.45) is 3.01. The number of anilines is 1. The first kappa shape index (κ1) is 28.6. The smallest absolute Gasteiger partial charge is 0.155 e. The lowest BCUT2D eigenvalue weighted by Gasteiger charge is -2.25. The van der Waals surface area contributed by atoms with Gasteiger partial charge in [0, 0.05) is 44.8 Å². The number of carbonyl (C=O) groups excluding carboxylic acids is 1. The molecule has 0 saturated heterocycles. The van der Waals surface area contributed by atoms with Crippen molar-refractivity contribution in [3.8, 4) is 0 Å². The van der Waals surface area contributed by atoms with E-state index in [2.05, 4.69) is 17.0 Å². The summed E-state index contributed by atoms with van der Waals surface area (Å²) in [5, 5.41) is 0. The summed E-state index contributed by atoms with van der Waals surface area (Å²) >= 11 is 0. The van der Waals surface area contributed by atoms with Crippen molar-refractivity contribution in [1.82, 2.24) is 0 Å². The van der Waals surface area contributed by atoms with Crippen LogP contribution in [0.25, 0.3) is 0 Å². The van der Waals surface area contributed by atoms with Gasteiger partial charge in [-0.3, -0.25) is 4.79 Å². The van der Waals surface area contributed by atoms with Crippen LogP contribution in [0.3, 0.4) is 0 Å². The van der Waals surface area contributed by atoms with Gasteiger partial charge in [0.1, 0.15) is 5.78 Å². The van der Waals surface area contributed by atoms with E-state index in [1.165, 1.54) is 0 Å². The van der Waals surface area contributed by atoms with Crippen LogP contribution in [-0.2, 0) is 30.5 Å². The Balaban J connectivity index is 2.46. The standard InChI is InChI=1S/C25H43NO5S/c1-6-30-18-16-26(17-19-31-7-2)23-14-12-22(13-15-23)21-24(27)11-9-8-10-20-32(28,29)25(3,4)5/h12-15H,6-11,16-21H2,1-5H3. The van der Waals surface area contributed by atoms with E-state index in [1.54, 1.807) is 20.8 Å². The molecule has 0 fully saturated rings. The highest BCUT2D eigenvalue weighted by Crippen LogP contribution is 2.19. The van der Waals surface area contributed by atoms with Crippen molar-refractivity contribution in [3.05, 3.63) is 29.8 Å². The van der Waals surface area contributed by atoms with E-state index in [0.29, 0.717) is 45.7 Å². The molecule has 7 heteroatoms. The van der Waals surface area contributed by atoms with Gasteiger partial charge in [-0.2, -0.15) is 0 Å². The first-order valence-electron chi connectivity index (χ1n) is 11.8. The Morgan fingerprint density at radius 2 is 1.47 bits per heavy atom. The molecule has 0 aliphatic rings. The van der Waals surface area contributed by atoms with Gasteiger partial charge in [-0.25, -0.2) is 8.42 Å². The van der Waals surface area contributed by atoms with E-state index < -0.39 is 14.6 Å². The zero-order valence-electron chi connectivity index (χ0n) is 20.7. The molecule has 0 aliphatic heterocycles. The first-order valence-corrected chi connectivity index (χ1v) is 13.5. The summed E-state index contributed by atoms with van der Waals surface area (Å²) < 4.78 is 34.5. The normalized spacial score (nSPS) is 12.2. The fourth-order valence-corrected chi connectivity index (χ4v) is 4.44. The number of sulfone groups is 1. The predicted octanol–water partition coefficient (Wildman–Crippen LogP) is 4.45. The molecule has 0 unspecified atom stereocenters. The number of benzene rings is 1. The summed E-state index contributed by atoms with van der Waals surface area (Å²) in [6, 6.07) is 8.13. The van der Waals surface area contributed by atoms with Gasteiger partial charge in [0.15, 0.2) is 9.84 Å². The second-order valence-electron chi connectivity index (χ2n) is 9.00. The van der Waals surface area contributed by atoms with Crippen molar-refractivity contribution in [2.24, 2.45) is 0 Å². The number of rotatable bonds is 17. The number of ketones is 1. The summed E-state index contributed by atoms with van der Waals surface area (Å²) in [4.78, 5) is 14.6. The highest BCUT2D eigenvalue weighted by atomic mass is 32.2. The van der Waals surface area contributed by atoms with E-state index in [0.717, 1.165) is 37.2 Å². The Morgan fingerprint density at radius 3 is 1.97 bits per heavy atom. The van der Waals surface area contributed by atoms with Crippen molar-refractivity contribution in [1.29, 1.82) is 0 Å². The van der Waals surface area contributed by atoms with Gasteiger partial charge in [0.05, 0.1) is 23.7 Å². The predicted molar refractivity (Wildman–Crippen MR) is 132 cm³/mol. The fourth-order valence-electron chi connectivity index (χ4n) is 3.25. The Hall–Kier alpha value is -1.44. The van der Waals surface area contributed by atoms with Gasteiger partial charge >= 0.3 is 0 Å². The van der Waals surface area contributed by atoms with Crippen LogP contribution in [0.5, 0.6) is 0 Å². The maximum Gasteiger partial charge on any atom is 0.155 e. The molecular weight excluding hydrogens is 426 g/mol. The Labute approximate surface area is 195 Å². The van der Waals surface area contributed by atoms with Crippen LogP contribution in [0, 0.1) is 0 Å². The molecule has 0 amide bonds. The number of ether oxygens (including phenoxy) is 2. The maximum absolute atomic E-state index is 12.3. The minimum absolute atomic E-state index is 0.190. The molecule has 0 spiro atoms. The SMILES string of the molecule is CCOCCN(CCOCC)c1ccc(CC(=O)CCCCCS(=O)(=O)C(C)(C)C)cc1. The summed E-state index contributed by atoms with van der Waals surface area (Å²) in [7, 11) is -3.08. The van der Waals surface area contributed by atoms with Crippen LogP contribution in [-0.4, -0.2) is 64.2 Å². The number of hydrogen-bond acceptors (Lipinski definition) is 6. The van der Waals surface area contributed by atoms with Gasteiger partial charge in [-0.15, -0.1) is 0 Å². The highest BCUT2D eigenvalue weighted by molar-refractivity contribution is 7.92. The molecule has 0 heterocycles. The van der Waals surface area contributed by atoms with Crippen molar-refractivity contribution in [2.75, 3.05) is 50.2 Å². The van der Waals surface area contributed by atoms with Crippen molar-refractivity contribution >= 4 is 21.3 Å². The van der Waals surface area contributed by atoms with Gasteiger partial charge in [-0.1, -0.05) is 18.6 Å². The molecule has 0 aromatic heterocycles. The number of hydrogen-bond donors (Lipinski definition) is 0. The number of Topliss-reactive ketones (excluding diaryl/α,β-unsaturated/α-hetero) is 1. The van der Waals surface area contributed by atoms with Crippen LogP contribution in [0.1, 0.15) is 65.9 Å². The third-order valence-electron chi connectivity index (χ3n) is 5.42. The van der Waals surface area contributed by atoms with Gasteiger partial charge in [-0.05, 0) is 65.2 Å². The lowest BCUT2D eigenvalue weighted by atomic mass is 10.0. The molecule has 0 radical (unpaired) electrons.